The number of methoxy groups -OCH3 is 1. The lowest BCUT2D eigenvalue weighted by Gasteiger charge is -2.49. The van der Waals surface area contributed by atoms with E-state index >= 15 is 0 Å². The van der Waals surface area contributed by atoms with Crippen molar-refractivity contribution in [3.05, 3.63) is 58.1 Å². The van der Waals surface area contributed by atoms with Crippen LogP contribution < -0.4 is 10.9 Å². The Hall–Kier alpha value is -3.69. The van der Waals surface area contributed by atoms with Crippen molar-refractivity contribution in [2.75, 3.05) is 13.7 Å². The van der Waals surface area contributed by atoms with E-state index in [2.05, 4.69) is 20.4 Å². The summed E-state index contributed by atoms with van der Waals surface area (Å²) in [6, 6.07) is 7.39. The fourth-order valence-electron chi connectivity index (χ4n) is 5.85. The van der Waals surface area contributed by atoms with Crippen LogP contribution in [0.5, 0.6) is 0 Å². The predicted molar refractivity (Wildman–Crippen MR) is 149 cm³/mol. The predicted octanol–water partition coefficient (Wildman–Crippen LogP) is 1.71. The Labute approximate surface area is 247 Å². The van der Waals surface area contributed by atoms with E-state index in [1.165, 1.54) is 24.7 Å². The lowest BCUT2D eigenvalue weighted by atomic mass is 9.91. The van der Waals surface area contributed by atoms with Gasteiger partial charge in [0, 0.05) is 11.5 Å². The number of aromatic nitrogens is 4. The van der Waals surface area contributed by atoms with E-state index in [-0.39, 0.29) is 24.1 Å². The zero-order chi connectivity index (χ0) is 30.7. The third-order valence-corrected chi connectivity index (χ3v) is 7.82. The van der Waals surface area contributed by atoms with Gasteiger partial charge >= 0.3 is 5.97 Å². The summed E-state index contributed by atoms with van der Waals surface area (Å²) in [6.07, 6.45) is -0.428. The maximum Gasteiger partial charge on any atom is 0.328 e. The number of para-hydroxylation sites is 1. The monoisotopic (exact) mass is 597 g/mol. The number of benzene rings is 1. The van der Waals surface area contributed by atoms with Crippen LogP contribution in [0.25, 0.3) is 10.9 Å². The Morgan fingerprint density at radius 2 is 1.86 bits per heavy atom. The first kappa shape index (κ1) is 29.4. The number of nitrogens with zero attached hydrogens (tertiary/aromatic N) is 4. The number of nitrogens with one attached hydrogen (secondary N) is 1. The molecule has 3 fully saturated rings. The van der Waals surface area contributed by atoms with Gasteiger partial charge in [0.05, 0.1) is 43.5 Å². The van der Waals surface area contributed by atoms with Crippen LogP contribution >= 0.6 is 0 Å². The van der Waals surface area contributed by atoms with E-state index in [4.69, 9.17) is 23.7 Å². The molecular formula is C29H35N5O9. The molecule has 2 aromatic heterocycles. The SMILES string of the molecule is COC(=O)C(C)NC(=O)c1cc(=O)n(Cc2cn(C3O[C@H]4OC(C)(C)O[C@H]4[C@@H]4OC(C)(C)OC[C@@H]34)nn2)c2ccccc12. The van der Waals surface area contributed by atoms with Gasteiger partial charge < -0.3 is 38.3 Å². The van der Waals surface area contributed by atoms with Crippen molar-refractivity contribution in [3.63, 3.8) is 0 Å². The average molecular weight is 598 g/mol. The number of pyridine rings is 1. The molecule has 230 valence electrons. The Morgan fingerprint density at radius 3 is 2.63 bits per heavy atom. The second-order valence-corrected chi connectivity index (χ2v) is 11.9. The number of ether oxygens (including phenoxy) is 6. The Balaban J connectivity index is 1.28. The van der Waals surface area contributed by atoms with E-state index in [1.807, 2.05) is 27.7 Å². The molecule has 6 rings (SSSR count). The van der Waals surface area contributed by atoms with Gasteiger partial charge in [-0.15, -0.1) is 5.10 Å². The second kappa shape index (κ2) is 10.8. The summed E-state index contributed by atoms with van der Waals surface area (Å²) in [5, 5.41) is 11.8. The first-order chi connectivity index (χ1) is 20.4. The number of fused-ring (bicyclic) bond motifs is 4. The van der Waals surface area contributed by atoms with Crippen molar-refractivity contribution in [1.29, 1.82) is 0 Å². The molecule has 43 heavy (non-hydrogen) atoms. The summed E-state index contributed by atoms with van der Waals surface area (Å²) < 4.78 is 38.6. The lowest BCUT2D eigenvalue weighted by molar-refractivity contribution is -0.362. The highest BCUT2D eigenvalue weighted by Crippen LogP contribution is 2.46. The summed E-state index contributed by atoms with van der Waals surface area (Å²) in [6.45, 7) is 9.29. The molecule has 0 aliphatic carbocycles. The van der Waals surface area contributed by atoms with Gasteiger partial charge in [0.15, 0.2) is 24.1 Å². The minimum Gasteiger partial charge on any atom is -0.467 e. The molecule has 3 aliphatic rings. The van der Waals surface area contributed by atoms with Crippen LogP contribution in [0.1, 0.15) is 56.9 Å². The van der Waals surface area contributed by atoms with Gasteiger partial charge in [-0.05, 0) is 40.7 Å². The summed E-state index contributed by atoms with van der Waals surface area (Å²) >= 11 is 0. The lowest BCUT2D eigenvalue weighted by Crippen LogP contribution is -2.59. The summed E-state index contributed by atoms with van der Waals surface area (Å²) in [5.74, 6) is -3.08. The Bertz CT molecular complexity index is 1620. The molecule has 1 amide bonds. The second-order valence-electron chi connectivity index (χ2n) is 11.9. The van der Waals surface area contributed by atoms with Crippen molar-refractivity contribution in [2.45, 2.75) is 83.5 Å². The van der Waals surface area contributed by atoms with Gasteiger partial charge in [0.2, 0.25) is 0 Å². The molecule has 0 saturated carbocycles. The van der Waals surface area contributed by atoms with Crippen LogP contribution in [0.3, 0.4) is 0 Å². The highest BCUT2D eigenvalue weighted by atomic mass is 16.8. The standard InChI is InChI=1S/C29H35N5O9/c1-15(26(37)38-6)30-24(36)18-11-21(35)33(20-10-8-7-9-17(18)20)12-16-13-34(32-31-16)25-19-14-39-28(2,3)41-22(19)23-27(40-25)43-29(4,5)42-23/h7-11,13,15,19,22-23,25,27H,12,14H2,1-6H3,(H,30,36)/t15?,19-,22-,23+,25?,27+/m1/s1. The number of esters is 1. The normalized spacial score (nSPS) is 28.1. The largest absolute Gasteiger partial charge is 0.467 e. The number of carbonyl (C=O) groups is 2. The van der Waals surface area contributed by atoms with Gasteiger partial charge in [-0.1, -0.05) is 23.4 Å². The molecule has 2 unspecified atom stereocenters. The van der Waals surface area contributed by atoms with Crippen molar-refractivity contribution >= 4 is 22.8 Å². The van der Waals surface area contributed by atoms with Crippen LogP contribution in [-0.4, -0.2) is 81.3 Å². The molecular weight excluding hydrogens is 562 g/mol. The van der Waals surface area contributed by atoms with Crippen molar-refractivity contribution in [1.82, 2.24) is 24.9 Å². The van der Waals surface area contributed by atoms with Crippen LogP contribution in [0.2, 0.25) is 0 Å². The zero-order valence-electron chi connectivity index (χ0n) is 24.8. The van der Waals surface area contributed by atoms with Crippen LogP contribution in [0.4, 0.5) is 0 Å². The molecule has 0 spiro atoms. The van der Waals surface area contributed by atoms with E-state index in [9.17, 15) is 14.4 Å². The third-order valence-electron chi connectivity index (χ3n) is 7.82. The first-order valence-electron chi connectivity index (χ1n) is 14.1. The number of carbonyl (C=O) groups excluding carboxylic acids is 2. The zero-order valence-corrected chi connectivity index (χ0v) is 24.8. The van der Waals surface area contributed by atoms with Gasteiger partial charge in [0.25, 0.3) is 11.5 Å². The fraction of sp³-hybridized carbons (Fsp3) is 0.552. The quantitative estimate of drug-likeness (QED) is 0.413. The highest BCUT2D eigenvalue weighted by Gasteiger charge is 2.58. The molecule has 6 atom stereocenters. The molecule has 1 aromatic carbocycles. The number of hydrogen-bond donors (Lipinski definition) is 1. The first-order valence-corrected chi connectivity index (χ1v) is 14.1. The van der Waals surface area contributed by atoms with Crippen molar-refractivity contribution < 1.29 is 38.0 Å². The number of amides is 1. The molecule has 3 aromatic rings. The van der Waals surface area contributed by atoms with E-state index in [0.717, 1.165) is 0 Å². The molecule has 0 radical (unpaired) electrons. The number of hydrogen-bond acceptors (Lipinski definition) is 11. The van der Waals surface area contributed by atoms with E-state index < -0.39 is 53.7 Å². The minimum absolute atomic E-state index is 0.0827. The van der Waals surface area contributed by atoms with Crippen molar-refractivity contribution in [2.24, 2.45) is 5.92 Å². The maximum atomic E-state index is 13.3. The van der Waals surface area contributed by atoms with Gasteiger partial charge in [0.1, 0.15) is 23.9 Å². The molecule has 14 heteroatoms. The molecule has 3 saturated heterocycles. The Morgan fingerprint density at radius 1 is 1.12 bits per heavy atom. The molecule has 5 heterocycles. The van der Waals surface area contributed by atoms with Crippen LogP contribution in [0.15, 0.2) is 41.3 Å². The van der Waals surface area contributed by atoms with Gasteiger partial charge in [-0.25, -0.2) is 9.48 Å². The van der Waals surface area contributed by atoms with E-state index in [0.29, 0.717) is 23.2 Å². The van der Waals surface area contributed by atoms with Crippen LogP contribution in [-0.2, 0) is 39.8 Å². The smallest absolute Gasteiger partial charge is 0.328 e. The van der Waals surface area contributed by atoms with Gasteiger partial charge in [-0.2, -0.15) is 0 Å². The molecule has 3 aliphatic heterocycles. The number of rotatable bonds is 6. The van der Waals surface area contributed by atoms with E-state index in [1.54, 1.807) is 35.1 Å². The summed E-state index contributed by atoms with van der Waals surface area (Å²) in [7, 11) is 1.24. The summed E-state index contributed by atoms with van der Waals surface area (Å²) in [5.41, 5.74) is 0.741. The maximum absolute atomic E-state index is 13.3. The van der Waals surface area contributed by atoms with Gasteiger partial charge in [-0.3, -0.25) is 9.59 Å². The third kappa shape index (κ3) is 5.56. The van der Waals surface area contributed by atoms with Crippen LogP contribution in [0, 0.1) is 5.92 Å². The topological polar surface area (TPSA) is 154 Å². The molecule has 1 N–H and O–H groups in total. The highest BCUT2D eigenvalue weighted by molar-refractivity contribution is 6.07. The Kier molecular flexibility index (Phi) is 7.37. The molecule has 14 nitrogen and oxygen atoms in total. The summed E-state index contributed by atoms with van der Waals surface area (Å²) in [4.78, 5) is 38.2. The van der Waals surface area contributed by atoms with Crippen molar-refractivity contribution in [3.8, 4) is 0 Å². The average Bonchev–Trinajstić information content (AvgIpc) is 3.55. The molecule has 0 bridgehead atoms. The fourth-order valence-corrected chi connectivity index (χ4v) is 5.85. The minimum atomic E-state index is -0.885.